The van der Waals surface area contributed by atoms with Gasteiger partial charge in [0.2, 0.25) is 0 Å². The van der Waals surface area contributed by atoms with Crippen LogP contribution in [0, 0.1) is 0 Å². The van der Waals surface area contributed by atoms with E-state index in [0.29, 0.717) is 6.04 Å². The molecule has 0 saturated carbocycles. The Kier molecular flexibility index (Phi) is 7.79. The second kappa shape index (κ2) is 7.93. The molecule has 0 aliphatic carbocycles. The molecule has 1 atom stereocenters. The van der Waals surface area contributed by atoms with Crippen molar-refractivity contribution in [1.82, 2.24) is 20.0 Å². The Bertz CT molecular complexity index is 316. The maximum atomic E-state index is 4.19. The zero-order valence-electron chi connectivity index (χ0n) is 10.4. The van der Waals surface area contributed by atoms with E-state index in [4.69, 9.17) is 0 Å². The molecule has 2 heterocycles. The van der Waals surface area contributed by atoms with Crippen molar-refractivity contribution in [3.05, 3.63) is 18.0 Å². The van der Waals surface area contributed by atoms with Crippen molar-refractivity contribution in [3.63, 3.8) is 0 Å². The van der Waals surface area contributed by atoms with E-state index >= 15 is 0 Å². The molecule has 1 fully saturated rings. The number of hydrogen-bond acceptors (Lipinski definition) is 3. The zero-order chi connectivity index (χ0) is 10.7. The van der Waals surface area contributed by atoms with Gasteiger partial charge in [0.25, 0.3) is 0 Å². The molecule has 1 saturated heterocycles. The fourth-order valence-electron chi connectivity index (χ4n) is 2.09. The Hall–Kier alpha value is -0.290. The Morgan fingerprint density at radius 3 is 2.82 bits per heavy atom. The minimum atomic E-state index is 0. The Labute approximate surface area is 116 Å². The van der Waals surface area contributed by atoms with E-state index in [-0.39, 0.29) is 24.8 Å². The van der Waals surface area contributed by atoms with Gasteiger partial charge in [0.15, 0.2) is 0 Å². The van der Waals surface area contributed by atoms with Crippen molar-refractivity contribution in [3.8, 4) is 0 Å². The van der Waals surface area contributed by atoms with E-state index in [0.717, 1.165) is 26.1 Å². The van der Waals surface area contributed by atoms with Gasteiger partial charge in [-0.05, 0) is 18.9 Å². The van der Waals surface area contributed by atoms with Crippen LogP contribution in [-0.2, 0) is 13.5 Å². The number of halogens is 2. The molecule has 0 unspecified atom stereocenters. The number of piperazine rings is 1. The van der Waals surface area contributed by atoms with Gasteiger partial charge in [0, 0.05) is 45.5 Å². The van der Waals surface area contributed by atoms with Gasteiger partial charge in [0.05, 0.1) is 6.20 Å². The number of nitrogens with one attached hydrogen (secondary N) is 1. The highest BCUT2D eigenvalue weighted by Gasteiger charge is 2.17. The van der Waals surface area contributed by atoms with Crippen molar-refractivity contribution >= 4 is 24.8 Å². The third kappa shape index (κ3) is 4.84. The lowest BCUT2D eigenvalue weighted by atomic mass is 10.2. The summed E-state index contributed by atoms with van der Waals surface area (Å²) in [7, 11) is 1.97. The highest BCUT2D eigenvalue weighted by molar-refractivity contribution is 5.85. The van der Waals surface area contributed by atoms with Crippen LogP contribution in [0.1, 0.15) is 12.5 Å². The Balaban J connectivity index is 0.00000128. The van der Waals surface area contributed by atoms with Crippen LogP contribution in [0.15, 0.2) is 12.4 Å². The molecule has 1 aromatic rings. The molecule has 4 nitrogen and oxygen atoms in total. The molecule has 0 spiro atoms. The minimum Gasteiger partial charge on any atom is -0.314 e. The van der Waals surface area contributed by atoms with Crippen LogP contribution in [0.25, 0.3) is 0 Å². The highest BCUT2D eigenvalue weighted by Crippen LogP contribution is 2.05. The molecule has 1 N–H and O–H groups in total. The smallest absolute Gasteiger partial charge is 0.0522 e. The van der Waals surface area contributed by atoms with Gasteiger partial charge in [-0.2, -0.15) is 5.10 Å². The van der Waals surface area contributed by atoms with Crippen LogP contribution < -0.4 is 5.32 Å². The molecule has 0 radical (unpaired) electrons. The molecule has 1 aromatic heterocycles. The molecular weight excluding hydrogens is 259 g/mol. The lowest BCUT2D eigenvalue weighted by molar-refractivity contribution is 0.176. The third-order valence-corrected chi connectivity index (χ3v) is 3.08. The van der Waals surface area contributed by atoms with Crippen LogP contribution in [0.5, 0.6) is 0 Å². The normalized spacial score (nSPS) is 20.5. The molecule has 1 aliphatic heterocycles. The van der Waals surface area contributed by atoms with Gasteiger partial charge >= 0.3 is 0 Å². The average Bonchev–Trinajstić information content (AvgIpc) is 2.63. The fourth-order valence-corrected chi connectivity index (χ4v) is 2.09. The van der Waals surface area contributed by atoms with Gasteiger partial charge in [-0.15, -0.1) is 24.8 Å². The van der Waals surface area contributed by atoms with Gasteiger partial charge in [-0.1, -0.05) is 0 Å². The number of aromatic nitrogens is 2. The number of rotatable bonds is 3. The van der Waals surface area contributed by atoms with Crippen LogP contribution in [-0.4, -0.2) is 46.9 Å². The van der Waals surface area contributed by atoms with Crippen molar-refractivity contribution in [2.45, 2.75) is 19.4 Å². The monoisotopic (exact) mass is 280 g/mol. The average molecular weight is 281 g/mol. The maximum Gasteiger partial charge on any atom is 0.0522 e. The standard InChI is InChI=1S/C11H20N4.2ClH/c1-10-7-12-4-6-15(10)5-3-11-8-13-14(2)9-11;;/h8-10,12H,3-7H2,1-2H3;2*1H/t10-;;/m1../s1. The van der Waals surface area contributed by atoms with E-state index in [2.05, 4.69) is 28.4 Å². The largest absolute Gasteiger partial charge is 0.314 e. The summed E-state index contributed by atoms with van der Waals surface area (Å²) in [5, 5.41) is 7.59. The lowest BCUT2D eigenvalue weighted by Gasteiger charge is -2.33. The summed E-state index contributed by atoms with van der Waals surface area (Å²) in [5.74, 6) is 0. The van der Waals surface area contributed by atoms with E-state index in [1.54, 1.807) is 0 Å². The minimum absolute atomic E-state index is 0. The summed E-state index contributed by atoms with van der Waals surface area (Å²) in [4.78, 5) is 2.55. The van der Waals surface area contributed by atoms with Gasteiger partial charge in [0.1, 0.15) is 0 Å². The fraction of sp³-hybridized carbons (Fsp3) is 0.727. The Morgan fingerprint density at radius 1 is 1.47 bits per heavy atom. The quantitative estimate of drug-likeness (QED) is 0.900. The SMILES string of the molecule is C[C@@H]1CNCCN1CCc1cnn(C)c1.Cl.Cl. The molecule has 6 heteroatoms. The molecular formula is C11H22Cl2N4. The molecule has 0 amide bonds. The number of nitrogens with zero attached hydrogens (tertiary/aromatic N) is 3. The first-order valence-corrected chi connectivity index (χ1v) is 5.68. The predicted octanol–water partition coefficient (Wildman–Crippen LogP) is 1.10. The third-order valence-electron chi connectivity index (χ3n) is 3.08. The zero-order valence-corrected chi connectivity index (χ0v) is 12.1. The van der Waals surface area contributed by atoms with Gasteiger partial charge in [-0.3, -0.25) is 9.58 Å². The second-order valence-corrected chi connectivity index (χ2v) is 4.36. The molecule has 17 heavy (non-hydrogen) atoms. The van der Waals surface area contributed by atoms with Crippen LogP contribution in [0.2, 0.25) is 0 Å². The first kappa shape index (κ1) is 16.7. The van der Waals surface area contributed by atoms with Crippen LogP contribution in [0.4, 0.5) is 0 Å². The summed E-state index contributed by atoms with van der Waals surface area (Å²) in [6.45, 7) is 6.84. The number of hydrogen-bond donors (Lipinski definition) is 1. The summed E-state index contributed by atoms with van der Waals surface area (Å²) in [6.07, 6.45) is 5.18. The van der Waals surface area contributed by atoms with Crippen molar-refractivity contribution in [1.29, 1.82) is 0 Å². The Morgan fingerprint density at radius 2 is 2.24 bits per heavy atom. The van der Waals surface area contributed by atoms with E-state index in [1.807, 2.05) is 17.9 Å². The molecule has 100 valence electrons. The van der Waals surface area contributed by atoms with Gasteiger partial charge < -0.3 is 5.32 Å². The first-order chi connectivity index (χ1) is 7.25. The van der Waals surface area contributed by atoms with Crippen molar-refractivity contribution in [2.24, 2.45) is 7.05 Å². The van der Waals surface area contributed by atoms with E-state index in [9.17, 15) is 0 Å². The van der Waals surface area contributed by atoms with Crippen molar-refractivity contribution < 1.29 is 0 Å². The van der Waals surface area contributed by atoms with E-state index < -0.39 is 0 Å². The highest BCUT2D eigenvalue weighted by atomic mass is 35.5. The number of aryl methyl sites for hydroxylation is 1. The summed E-state index contributed by atoms with van der Waals surface area (Å²) >= 11 is 0. The first-order valence-electron chi connectivity index (χ1n) is 5.68. The summed E-state index contributed by atoms with van der Waals surface area (Å²) < 4.78 is 1.87. The van der Waals surface area contributed by atoms with Crippen LogP contribution in [0.3, 0.4) is 0 Å². The topological polar surface area (TPSA) is 33.1 Å². The maximum absolute atomic E-state index is 4.19. The lowest BCUT2D eigenvalue weighted by Crippen LogP contribution is -2.50. The van der Waals surface area contributed by atoms with Gasteiger partial charge in [-0.25, -0.2) is 0 Å². The van der Waals surface area contributed by atoms with Crippen LogP contribution >= 0.6 is 24.8 Å². The molecule has 0 bridgehead atoms. The molecule has 1 aliphatic rings. The summed E-state index contributed by atoms with van der Waals surface area (Å²) in [5.41, 5.74) is 1.34. The second-order valence-electron chi connectivity index (χ2n) is 4.36. The molecule has 2 rings (SSSR count). The molecule has 0 aromatic carbocycles. The van der Waals surface area contributed by atoms with Crippen molar-refractivity contribution in [2.75, 3.05) is 26.2 Å². The predicted molar refractivity (Wildman–Crippen MR) is 75.3 cm³/mol. The van der Waals surface area contributed by atoms with E-state index in [1.165, 1.54) is 12.1 Å². The summed E-state index contributed by atoms with van der Waals surface area (Å²) in [6, 6.07) is 0.662.